The molecule has 1 aromatic carbocycles. The first-order valence-corrected chi connectivity index (χ1v) is 7.56. The number of nitrogens with zero attached hydrogens (tertiary/aromatic N) is 2. The molecule has 0 saturated carbocycles. The van der Waals surface area contributed by atoms with Gasteiger partial charge < -0.3 is 9.73 Å². The molecular formula is C18H19N3O2. The summed E-state index contributed by atoms with van der Waals surface area (Å²) in [4.78, 5) is 21.4. The molecule has 0 radical (unpaired) electrons. The number of hydrogen-bond acceptors (Lipinski definition) is 4. The third-order valence-corrected chi connectivity index (χ3v) is 3.87. The molecule has 2 heterocycles. The molecule has 3 aromatic rings. The quantitative estimate of drug-likeness (QED) is 0.802. The first-order chi connectivity index (χ1) is 10.9. The highest BCUT2D eigenvalue weighted by Crippen LogP contribution is 2.18. The molecule has 0 aliphatic carbocycles. The SMILES string of the molecule is Cc1ccc(C(C)NC(=O)c2ccc3nc(C)c(C)nc3c2)o1. The van der Waals surface area contributed by atoms with Gasteiger partial charge in [-0.1, -0.05) is 0 Å². The topological polar surface area (TPSA) is 68.0 Å². The molecule has 0 saturated heterocycles. The standard InChI is InChI=1S/C18H19N3O2/c1-10-5-8-17(23-10)13(4)21-18(22)14-6-7-15-16(9-14)20-12(3)11(2)19-15/h5-9,13H,1-4H3,(H,21,22). The van der Waals surface area contributed by atoms with Crippen molar-refractivity contribution >= 4 is 16.9 Å². The lowest BCUT2D eigenvalue weighted by Gasteiger charge is -2.12. The molecule has 5 heteroatoms. The number of fused-ring (bicyclic) bond motifs is 1. The van der Waals surface area contributed by atoms with Gasteiger partial charge in [0.15, 0.2) is 0 Å². The van der Waals surface area contributed by atoms with E-state index in [4.69, 9.17) is 4.42 Å². The maximum atomic E-state index is 12.4. The van der Waals surface area contributed by atoms with Crippen LogP contribution in [0.25, 0.3) is 11.0 Å². The van der Waals surface area contributed by atoms with Gasteiger partial charge in [0, 0.05) is 5.56 Å². The minimum atomic E-state index is -0.197. The number of rotatable bonds is 3. The minimum Gasteiger partial charge on any atom is -0.464 e. The Morgan fingerprint density at radius 3 is 2.39 bits per heavy atom. The van der Waals surface area contributed by atoms with Crippen LogP contribution in [-0.2, 0) is 0 Å². The fourth-order valence-corrected chi connectivity index (χ4v) is 2.41. The summed E-state index contributed by atoms with van der Waals surface area (Å²) in [5, 5.41) is 2.94. The number of carbonyl (C=O) groups is 1. The second-order valence-corrected chi connectivity index (χ2v) is 5.74. The summed E-state index contributed by atoms with van der Waals surface area (Å²) in [5.74, 6) is 1.41. The normalized spacial score (nSPS) is 12.3. The zero-order chi connectivity index (χ0) is 16.6. The Kier molecular flexibility index (Phi) is 3.86. The van der Waals surface area contributed by atoms with Gasteiger partial charge in [0.2, 0.25) is 0 Å². The van der Waals surface area contributed by atoms with Gasteiger partial charge in [-0.05, 0) is 58.0 Å². The van der Waals surface area contributed by atoms with Crippen LogP contribution in [0.1, 0.15) is 46.2 Å². The number of aryl methyl sites for hydroxylation is 3. The van der Waals surface area contributed by atoms with E-state index in [9.17, 15) is 4.79 Å². The molecule has 0 spiro atoms. The summed E-state index contributed by atoms with van der Waals surface area (Å²) >= 11 is 0. The van der Waals surface area contributed by atoms with Crippen molar-refractivity contribution in [2.24, 2.45) is 0 Å². The monoisotopic (exact) mass is 309 g/mol. The first kappa shape index (κ1) is 15.2. The van der Waals surface area contributed by atoms with Crippen LogP contribution in [-0.4, -0.2) is 15.9 Å². The van der Waals surface area contributed by atoms with E-state index in [0.717, 1.165) is 33.9 Å². The van der Waals surface area contributed by atoms with Gasteiger partial charge in [0.25, 0.3) is 5.91 Å². The smallest absolute Gasteiger partial charge is 0.251 e. The lowest BCUT2D eigenvalue weighted by atomic mass is 10.1. The van der Waals surface area contributed by atoms with Crippen LogP contribution in [0.5, 0.6) is 0 Å². The fourth-order valence-electron chi connectivity index (χ4n) is 2.41. The average Bonchev–Trinajstić information content (AvgIpc) is 2.94. The van der Waals surface area contributed by atoms with E-state index >= 15 is 0 Å². The molecule has 2 aromatic heterocycles. The van der Waals surface area contributed by atoms with E-state index in [1.165, 1.54) is 0 Å². The summed E-state index contributed by atoms with van der Waals surface area (Å²) in [6, 6.07) is 8.92. The Morgan fingerprint density at radius 1 is 1.04 bits per heavy atom. The van der Waals surface area contributed by atoms with Crippen LogP contribution in [0.2, 0.25) is 0 Å². The van der Waals surface area contributed by atoms with Crippen molar-refractivity contribution in [2.45, 2.75) is 33.7 Å². The van der Waals surface area contributed by atoms with Gasteiger partial charge in [0.05, 0.1) is 28.5 Å². The molecule has 5 nitrogen and oxygen atoms in total. The summed E-state index contributed by atoms with van der Waals surface area (Å²) in [6.07, 6.45) is 0. The Hall–Kier alpha value is -2.69. The number of amides is 1. The Balaban J connectivity index is 1.84. The molecule has 0 aliphatic heterocycles. The van der Waals surface area contributed by atoms with Gasteiger partial charge >= 0.3 is 0 Å². The van der Waals surface area contributed by atoms with Gasteiger partial charge in [-0.25, -0.2) is 9.97 Å². The molecule has 3 rings (SSSR count). The summed E-state index contributed by atoms with van der Waals surface area (Å²) in [5.41, 5.74) is 3.85. The zero-order valence-corrected chi connectivity index (χ0v) is 13.7. The van der Waals surface area contributed by atoms with E-state index in [2.05, 4.69) is 15.3 Å². The molecule has 0 fully saturated rings. The molecule has 1 N–H and O–H groups in total. The highest BCUT2D eigenvalue weighted by Gasteiger charge is 2.15. The predicted octanol–water partition coefficient (Wildman–Crippen LogP) is 3.64. The van der Waals surface area contributed by atoms with E-state index < -0.39 is 0 Å². The largest absolute Gasteiger partial charge is 0.464 e. The highest BCUT2D eigenvalue weighted by atomic mass is 16.3. The van der Waals surface area contributed by atoms with E-state index in [-0.39, 0.29) is 11.9 Å². The molecule has 1 unspecified atom stereocenters. The molecule has 1 amide bonds. The van der Waals surface area contributed by atoms with Crippen molar-refractivity contribution in [3.8, 4) is 0 Å². The number of hydrogen-bond donors (Lipinski definition) is 1. The predicted molar refractivity (Wildman–Crippen MR) is 88.3 cm³/mol. The lowest BCUT2D eigenvalue weighted by molar-refractivity contribution is 0.0935. The highest BCUT2D eigenvalue weighted by molar-refractivity contribution is 5.97. The average molecular weight is 309 g/mol. The van der Waals surface area contributed by atoms with E-state index in [1.54, 1.807) is 12.1 Å². The minimum absolute atomic E-state index is 0.159. The van der Waals surface area contributed by atoms with Crippen molar-refractivity contribution in [1.82, 2.24) is 15.3 Å². The Labute approximate surface area is 134 Å². The van der Waals surface area contributed by atoms with Crippen molar-refractivity contribution < 1.29 is 9.21 Å². The maximum Gasteiger partial charge on any atom is 0.251 e. The van der Waals surface area contributed by atoms with Crippen molar-refractivity contribution in [1.29, 1.82) is 0 Å². The van der Waals surface area contributed by atoms with Crippen LogP contribution in [0.4, 0.5) is 0 Å². The first-order valence-electron chi connectivity index (χ1n) is 7.56. The number of benzene rings is 1. The number of furan rings is 1. The Bertz CT molecular complexity index is 883. The molecule has 0 bridgehead atoms. The van der Waals surface area contributed by atoms with Crippen LogP contribution >= 0.6 is 0 Å². The van der Waals surface area contributed by atoms with E-state index in [0.29, 0.717) is 5.56 Å². The van der Waals surface area contributed by atoms with Crippen molar-refractivity contribution in [3.63, 3.8) is 0 Å². The van der Waals surface area contributed by atoms with Gasteiger partial charge in [-0.2, -0.15) is 0 Å². The zero-order valence-electron chi connectivity index (χ0n) is 13.7. The fraction of sp³-hybridized carbons (Fsp3) is 0.278. The molecule has 23 heavy (non-hydrogen) atoms. The molecular weight excluding hydrogens is 290 g/mol. The molecule has 0 aliphatic rings. The summed E-state index contributed by atoms with van der Waals surface area (Å²) in [6.45, 7) is 7.61. The van der Waals surface area contributed by atoms with Crippen LogP contribution < -0.4 is 5.32 Å². The van der Waals surface area contributed by atoms with Crippen molar-refractivity contribution in [3.05, 3.63) is 58.8 Å². The third kappa shape index (κ3) is 3.08. The second-order valence-electron chi connectivity index (χ2n) is 5.74. The summed E-state index contributed by atoms with van der Waals surface area (Å²) < 4.78 is 5.54. The molecule has 118 valence electrons. The second kappa shape index (κ2) is 5.83. The van der Waals surface area contributed by atoms with Gasteiger partial charge in [-0.15, -0.1) is 0 Å². The van der Waals surface area contributed by atoms with Gasteiger partial charge in [-0.3, -0.25) is 4.79 Å². The summed E-state index contributed by atoms with van der Waals surface area (Å²) in [7, 11) is 0. The number of nitrogens with one attached hydrogen (secondary N) is 1. The third-order valence-electron chi connectivity index (χ3n) is 3.87. The Morgan fingerprint density at radius 2 is 1.74 bits per heavy atom. The van der Waals surface area contributed by atoms with Crippen LogP contribution in [0.3, 0.4) is 0 Å². The number of carbonyl (C=O) groups excluding carboxylic acids is 1. The lowest BCUT2D eigenvalue weighted by Crippen LogP contribution is -2.26. The number of aromatic nitrogens is 2. The van der Waals surface area contributed by atoms with Crippen LogP contribution in [0, 0.1) is 20.8 Å². The van der Waals surface area contributed by atoms with Gasteiger partial charge in [0.1, 0.15) is 11.5 Å². The van der Waals surface area contributed by atoms with E-state index in [1.807, 2.05) is 45.9 Å². The maximum absolute atomic E-state index is 12.4. The van der Waals surface area contributed by atoms with Crippen molar-refractivity contribution in [2.75, 3.05) is 0 Å². The molecule has 1 atom stereocenters. The van der Waals surface area contributed by atoms with Crippen LogP contribution in [0.15, 0.2) is 34.7 Å².